The maximum Gasteiger partial charge on any atom is 0.275 e. The van der Waals surface area contributed by atoms with Gasteiger partial charge in [-0.1, -0.05) is 29.8 Å². The minimum Gasteiger partial charge on any atom is -0.365 e. The van der Waals surface area contributed by atoms with Crippen LogP contribution in [0.15, 0.2) is 60.9 Å². The highest BCUT2D eigenvalue weighted by atomic mass is 16.2. The molecule has 0 aliphatic rings. The van der Waals surface area contributed by atoms with Gasteiger partial charge in [-0.25, -0.2) is 9.97 Å². The van der Waals surface area contributed by atoms with E-state index in [-0.39, 0.29) is 17.5 Å². The van der Waals surface area contributed by atoms with Crippen LogP contribution in [0.4, 0.5) is 17.2 Å². The number of anilines is 3. The molecule has 7 nitrogen and oxygen atoms in total. The summed E-state index contributed by atoms with van der Waals surface area (Å²) in [6.07, 6.45) is 2.96. The minimum atomic E-state index is -0.357. The summed E-state index contributed by atoms with van der Waals surface area (Å²) >= 11 is 0. The van der Waals surface area contributed by atoms with Crippen molar-refractivity contribution in [1.29, 1.82) is 0 Å². The molecule has 0 saturated heterocycles. The van der Waals surface area contributed by atoms with Crippen LogP contribution in [0.25, 0.3) is 0 Å². The van der Waals surface area contributed by atoms with Gasteiger partial charge in [-0.15, -0.1) is 0 Å². The van der Waals surface area contributed by atoms with E-state index in [0.717, 1.165) is 5.56 Å². The van der Waals surface area contributed by atoms with Crippen molar-refractivity contribution in [2.24, 2.45) is 0 Å². The summed E-state index contributed by atoms with van der Waals surface area (Å²) in [4.78, 5) is 31.7. The van der Waals surface area contributed by atoms with Gasteiger partial charge in [0.2, 0.25) is 5.91 Å². The summed E-state index contributed by atoms with van der Waals surface area (Å²) in [6, 6.07) is 15.0. The number of aromatic nitrogens is 2. The third-order valence-corrected chi connectivity index (χ3v) is 3.94. The largest absolute Gasteiger partial charge is 0.365 e. The first-order valence-electron chi connectivity index (χ1n) is 8.80. The zero-order chi connectivity index (χ0) is 19.9. The minimum absolute atomic E-state index is 0.150. The average Bonchev–Trinajstić information content (AvgIpc) is 2.69. The maximum absolute atomic E-state index is 12.3. The number of nitrogens with one attached hydrogen (secondary N) is 3. The van der Waals surface area contributed by atoms with Crippen molar-refractivity contribution in [2.45, 2.75) is 20.4 Å². The number of carbonyl (C=O) groups is 2. The quantitative estimate of drug-likeness (QED) is 0.612. The topological polar surface area (TPSA) is 96.0 Å². The molecule has 0 unspecified atom stereocenters. The summed E-state index contributed by atoms with van der Waals surface area (Å²) in [7, 11) is 0. The fourth-order valence-electron chi connectivity index (χ4n) is 2.47. The van der Waals surface area contributed by atoms with E-state index in [0.29, 0.717) is 23.7 Å². The molecule has 3 N–H and O–H groups in total. The molecule has 7 heteroatoms. The van der Waals surface area contributed by atoms with E-state index >= 15 is 0 Å². The number of aryl methyl sites for hydroxylation is 1. The Morgan fingerprint density at radius 2 is 1.50 bits per heavy atom. The van der Waals surface area contributed by atoms with Crippen molar-refractivity contribution < 1.29 is 9.59 Å². The van der Waals surface area contributed by atoms with Gasteiger partial charge in [-0.3, -0.25) is 9.59 Å². The van der Waals surface area contributed by atoms with Crippen molar-refractivity contribution >= 4 is 29.0 Å². The highest BCUT2D eigenvalue weighted by Gasteiger charge is 2.09. The molecule has 1 aromatic heterocycles. The van der Waals surface area contributed by atoms with Gasteiger partial charge in [-0.05, 0) is 36.8 Å². The van der Waals surface area contributed by atoms with Gasteiger partial charge in [0, 0.05) is 24.8 Å². The van der Waals surface area contributed by atoms with Crippen molar-refractivity contribution in [2.75, 3.05) is 16.0 Å². The number of amides is 2. The second-order valence-electron chi connectivity index (χ2n) is 6.34. The van der Waals surface area contributed by atoms with Gasteiger partial charge < -0.3 is 16.0 Å². The molecule has 0 bridgehead atoms. The smallest absolute Gasteiger partial charge is 0.275 e. The normalized spacial score (nSPS) is 10.2. The SMILES string of the molecule is CC(=O)Nc1ccc(NC(=O)c2cnc(NCc3ccc(C)cc3)cn2)cc1. The molecule has 0 saturated carbocycles. The first-order valence-corrected chi connectivity index (χ1v) is 8.80. The van der Waals surface area contributed by atoms with Crippen LogP contribution in [0.5, 0.6) is 0 Å². The molecule has 0 aliphatic heterocycles. The fraction of sp³-hybridized carbons (Fsp3) is 0.143. The highest BCUT2D eigenvalue weighted by molar-refractivity contribution is 6.02. The van der Waals surface area contributed by atoms with Crippen LogP contribution in [0.2, 0.25) is 0 Å². The second-order valence-corrected chi connectivity index (χ2v) is 6.34. The van der Waals surface area contributed by atoms with E-state index < -0.39 is 0 Å². The molecule has 1 heterocycles. The molecule has 0 spiro atoms. The average molecular weight is 375 g/mol. The maximum atomic E-state index is 12.3. The van der Waals surface area contributed by atoms with Crippen LogP contribution in [0, 0.1) is 6.92 Å². The lowest BCUT2D eigenvalue weighted by Crippen LogP contribution is -2.14. The molecule has 142 valence electrons. The van der Waals surface area contributed by atoms with E-state index in [2.05, 4.69) is 50.2 Å². The van der Waals surface area contributed by atoms with Crippen molar-refractivity contribution in [3.63, 3.8) is 0 Å². The summed E-state index contributed by atoms with van der Waals surface area (Å²) in [5, 5.41) is 8.59. The standard InChI is InChI=1S/C21H21N5O2/c1-14-3-5-16(6-4-14)11-23-20-13-22-19(12-24-20)21(28)26-18-9-7-17(8-10-18)25-15(2)27/h3-10,12-13H,11H2,1-2H3,(H,23,24)(H,25,27)(H,26,28). The molecule has 0 atom stereocenters. The number of hydrogen-bond acceptors (Lipinski definition) is 5. The Labute approximate surface area is 163 Å². The molecule has 0 fully saturated rings. The Balaban J connectivity index is 1.55. The van der Waals surface area contributed by atoms with Crippen LogP contribution < -0.4 is 16.0 Å². The molecular weight excluding hydrogens is 354 g/mol. The molecule has 0 radical (unpaired) electrons. The van der Waals surface area contributed by atoms with Gasteiger partial charge in [0.05, 0.1) is 12.4 Å². The van der Waals surface area contributed by atoms with Crippen molar-refractivity contribution in [3.05, 3.63) is 77.7 Å². The number of benzene rings is 2. The van der Waals surface area contributed by atoms with Gasteiger partial charge in [-0.2, -0.15) is 0 Å². The molecule has 2 aromatic carbocycles. The number of carbonyl (C=O) groups excluding carboxylic acids is 2. The van der Waals surface area contributed by atoms with Gasteiger partial charge in [0.15, 0.2) is 0 Å². The molecular formula is C21H21N5O2. The summed E-state index contributed by atoms with van der Waals surface area (Å²) < 4.78 is 0. The fourth-order valence-corrected chi connectivity index (χ4v) is 2.47. The molecule has 0 aliphatic carbocycles. The van der Waals surface area contributed by atoms with Gasteiger partial charge in [0.25, 0.3) is 5.91 Å². The van der Waals surface area contributed by atoms with E-state index in [1.807, 2.05) is 6.92 Å². The molecule has 2 amide bonds. The van der Waals surface area contributed by atoms with Crippen LogP contribution in [-0.4, -0.2) is 21.8 Å². The zero-order valence-electron chi connectivity index (χ0n) is 15.7. The predicted molar refractivity (Wildman–Crippen MR) is 109 cm³/mol. The van der Waals surface area contributed by atoms with E-state index in [4.69, 9.17) is 0 Å². The third kappa shape index (κ3) is 5.38. The van der Waals surface area contributed by atoms with Crippen LogP contribution in [-0.2, 0) is 11.3 Å². The summed E-state index contributed by atoms with van der Waals surface area (Å²) in [5.41, 5.74) is 3.82. The zero-order valence-corrected chi connectivity index (χ0v) is 15.7. The Morgan fingerprint density at radius 3 is 2.07 bits per heavy atom. The van der Waals surface area contributed by atoms with E-state index in [1.54, 1.807) is 24.3 Å². The molecule has 3 aromatic rings. The van der Waals surface area contributed by atoms with Gasteiger partial charge in [0.1, 0.15) is 11.5 Å². The lowest BCUT2D eigenvalue weighted by molar-refractivity contribution is -0.114. The Bertz CT molecular complexity index is 952. The molecule has 3 rings (SSSR count). The van der Waals surface area contributed by atoms with Crippen LogP contribution in [0.1, 0.15) is 28.5 Å². The van der Waals surface area contributed by atoms with Crippen LogP contribution >= 0.6 is 0 Å². The van der Waals surface area contributed by atoms with Gasteiger partial charge >= 0.3 is 0 Å². The lowest BCUT2D eigenvalue weighted by atomic mass is 10.1. The summed E-state index contributed by atoms with van der Waals surface area (Å²) in [6.45, 7) is 4.11. The Morgan fingerprint density at radius 1 is 0.857 bits per heavy atom. The number of rotatable bonds is 6. The first-order chi connectivity index (χ1) is 13.5. The number of hydrogen-bond donors (Lipinski definition) is 3. The second kappa shape index (κ2) is 8.77. The lowest BCUT2D eigenvalue weighted by Gasteiger charge is -2.08. The van der Waals surface area contributed by atoms with Crippen molar-refractivity contribution in [3.8, 4) is 0 Å². The van der Waals surface area contributed by atoms with Crippen molar-refractivity contribution in [1.82, 2.24) is 9.97 Å². The number of nitrogens with zero attached hydrogens (tertiary/aromatic N) is 2. The van der Waals surface area contributed by atoms with Crippen LogP contribution in [0.3, 0.4) is 0 Å². The van der Waals surface area contributed by atoms with E-state index in [1.165, 1.54) is 24.9 Å². The predicted octanol–water partition coefficient (Wildman–Crippen LogP) is 3.61. The Hall–Kier alpha value is -3.74. The molecule has 28 heavy (non-hydrogen) atoms. The van der Waals surface area contributed by atoms with E-state index in [9.17, 15) is 9.59 Å². The highest BCUT2D eigenvalue weighted by Crippen LogP contribution is 2.14. The Kier molecular flexibility index (Phi) is 5.96. The summed E-state index contributed by atoms with van der Waals surface area (Å²) in [5.74, 6) is 0.0878. The first kappa shape index (κ1) is 19.0. The third-order valence-electron chi connectivity index (χ3n) is 3.94. The monoisotopic (exact) mass is 375 g/mol.